The molecule has 46 heavy (non-hydrogen) atoms. The number of carbonyl (C=O) groups is 1. The normalized spacial score (nSPS) is 18.1. The van der Waals surface area contributed by atoms with Gasteiger partial charge in [-0.05, 0) is 53.1 Å². The van der Waals surface area contributed by atoms with Crippen molar-refractivity contribution in [1.82, 2.24) is 4.90 Å². The van der Waals surface area contributed by atoms with Gasteiger partial charge in [0.2, 0.25) is 0 Å². The van der Waals surface area contributed by atoms with Gasteiger partial charge < -0.3 is 37.0 Å². The maximum Gasteiger partial charge on any atom is 0.446 e. The van der Waals surface area contributed by atoms with Crippen molar-refractivity contribution < 1.29 is 62.8 Å². The van der Waals surface area contributed by atoms with E-state index in [9.17, 15) is 30.7 Å². The number of nitrogens with zero attached hydrogens (tertiary/aromatic N) is 1. The SMILES string of the molecule is COc1cc2c(cc1OC)C1=C(c3ccc(OC)c(OS(=O)(=O)O)c3)C3c4cc(OC)c(OS(=O)(=O)O)cc4OC(=O)C3N1C=C2. The molecule has 0 fully saturated rings. The number of carbonyl (C=O) groups excluding carboxylic acids is 1. The summed E-state index contributed by atoms with van der Waals surface area (Å²) in [5.41, 5.74) is 3.04. The smallest absolute Gasteiger partial charge is 0.446 e. The zero-order chi connectivity index (χ0) is 33.1. The quantitative estimate of drug-likeness (QED) is 0.190. The predicted octanol–water partition coefficient (Wildman–Crippen LogP) is 3.32. The second-order valence-corrected chi connectivity index (χ2v) is 12.1. The fraction of sp³-hybridized carbons (Fsp3) is 0.207. The molecule has 0 saturated carbocycles. The third-order valence-electron chi connectivity index (χ3n) is 7.61. The van der Waals surface area contributed by atoms with Crippen LogP contribution in [0.5, 0.6) is 40.2 Å². The predicted molar refractivity (Wildman–Crippen MR) is 160 cm³/mol. The van der Waals surface area contributed by atoms with Crippen LogP contribution in [0.25, 0.3) is 17.3 Å². The number of rotatable bonds is 9. The third kappa shape index (κ3) is 5.32. The molecular formula is C29H25NO14S2. The molecule has 0 aromatic heterocycles. The summed E-state index contributed by atoms with van der Waals surface area (Å²) in [6.45, 7) is 0. The minimum absolute atomic E-state index is 0.00847. The standard InChI is InChI=1S/C29H25NO14S2/c1-38-18-6-5-15(10-23(18)43-45(32,33)34)25-26-17-12-22(41-4)24(44-46(35,36)37)13-19(17)42-29(31)28(26)30-8-7-14-9-20(39-2)21(40-3)11-16(14)27(25)30/h5-13,26,28H,1-4H3,(H,32,33,34)(H,35,36,37). The van der Waals surface area contributed by atoms with E-state index in [1.807, 2.05) is 0 Å². The number of fused-ring (bicyclic) bond motifs is 7. The lowest BCUT2D eigenvalue weighted by molar-refractivity contribution is -0.139. The number of hydrogen-bond donors (Lipinski definition) is 2. The molecule has 2 unspecified atom stereocenters. The molecule has 3 aromatic carbocycles. The van der Waals surface area contributed by atoms with E-state index in [1.54, 1.807) is 35.4 Å². The molecule has 0 aliphatic carbocycles. The molecular weight excluding hydrogens is 650 g/mol. The Labute approximate surface area is 263 Å². The van der Waals surface area contributed by atoms with Crippen molar-refractivity contribution >= 4 is 44.1 Å². The van der Waals surface area contributed by atoms with Crippen LogP contribution < -0.4 is 32.1 Å². The van der Waals surface area contributed by atoms with Crippen molar-refractivity contribution in [3.05, 3.63) is 70.9 Å². The van der Waals surface area contributed by atoms with E-state index in [1.165, 1.54) is 46.6 Å². The van der Waals surface area contributed by atoms with Gasteiger partial charge in [0.15, 0.2) is 34.5 Å². The monoisotopic (exact) mass is 675 g/mol. The molecule has 0 radical (unpaired) electrons. The summed E-state index contributed by atoms with van der Waals surface area (Å²) in [4.78, 5) is 15.4. The van der Waals surface area contributed by atoms with Crippen LogP contribution in [-0.4, -0.2) is 71.3 Å². The molecule has 17 heteroatoms. The van der Waals surface area contributed by atoms with Gasteiger partial charge in [0.25, 0.3) is 0 Å². The minimum atomic E-state index is -4.98. The molecule has 0 amide bonds. The molecule has 6 rings (SSSR count). The van der Waals surface area contributed by atoms with Crippen LogP contribution in [0.4, 0.5) is 0 Å². The van der Waals surface area contributed by atoms with Crippen molar-refractivity contribution in [3.8, 4) is 40.2 Å². The summed E-state index contributed by atoms with van der Waals surface area (Å²) in [6, 6.07) is 9.37. The summed E-state index contributed by atoms with van der Waals surface area (Å²) in [5.74, 6) is -1.69. The van der Waals surface area contributed by atoms with E-state index < -0.39 is 44.5 Å². The molecule has 3 aliphatic heterocycles. The summed E-state index contributed by atoms with van der Waals surface area (Å²) in [5, 5.41) is 0. The molecule has 0 bridgehead atoms. The van der Waals surface area contributed by atoms with Crippen LogP contribution in [0.2, 0.25) is 0 Å². The highest BCUT2D eigenvalue weighted by atomic mass is 32.3. The molecule has 3 aromatic rings. The van der Waals surface area contributed by atoms with E-state index in [2.05, 4.69) is 4.18 Å². The lowest BCUT2D eigenvalue weighted by Crippen LogP contribution is -2.43. The molecule has 3 aliphatic rings. The molecule has 2 atom stereocenters. The van der Waals surface area contributed by atoms with Crippen molar-refractivity contribution in [2.24, 2.45) is 0 Å². The first kappa shape index (κ1) is 31.0. The number of esters is 1. The van der Waals surface area contributed by atoms with Gasteiger partial charge in [-0.3, -0.25) is 9.11 Å². The third-order valence-corrected chi connectivity index (χ3v) is 8.39. The van der Waals surface area contributed by atoms with Gasteiger partial charge in [0.05, 0.1) is 34.1 Å². The van der Waals surface area contributed by atoms with Gasteiger partial charge in [-0.2, -0.15) is 16.8 Å². The fourth-order valence-electron chi connectivity index (χ4n) is 5.90. The fourth-order valence-corrected chi connectivity index (χ4v) is 6.62. The Morgan fingerprint density at radius 2 is 1.33 bits per heavy atom. The second-order valence-electron chi connectivity index (χ2n) is 10.1. The molecule has 0 saturated heterocycles. The summed E-state index contributed by atoms with van der Waals surface area (Å²) in [6.07, 6.45) is 3.46. The van der Waals surface area contributed by atoms with E-state index in [4.69, 9.17) is 27.9 Å². The summed E-state index contributed by atoms with van der Waals surface area (Å²) in [7, 11) is -4.44. The molecule has 15 nitrogen and oxygen atoms in total. The maximum atomic E-state index is 13.7. The first-order chi connectivity index (χ1) is 21.8. The highest BCUT2D eigenvalue weighted by molar-refractivity contribution is 7.81. The zero-order valence-electron chi connectivity index (χ0n) is 24.4. The van der Waals surface area contributed by atoms with E-state index in [0.29, 0.717) is 45.0 Å². The van der Waals surface area contributed by atoms with E-state index >= 15 is 0 Å². The number of benzene rings is 3. The Balaban J connectivity index is 1.67. The Morgan fingerprint density at radius 3 is 1.93 bits per heavy atom. The molecule has 242 valence electrons. The average molecular weight is 676 g/mol. The van der Waals surface area contributed by atoms with Crippen LogP contribution in [0, 0.1) is 0 Å². The molecule has 0 spiro atoms. The van der Waals surface area contributed by atoms with Crippen LogP contribution >= 0.6 is 0 Å². The minimum Gasteiger partial charge on any atom is -0.493 e. The second kappa shape index (κ2) is 11.1. The van der Waals surface area contributed by atoms with Crippen LogP contribution in [0.15, 0.2) is 48.7 Å². The van der Waals surface area contributed by atoms with Crippen LogP contribution in [0.3, 0.4) is 0 Å². The van der Waals surface area contributed by atoms with E-state index in [0.717, 1.165) is 6.07 Å². The van der Waals surface area contributed by atoms with Gasteiger partial charge in [-0.15, -0.1) is 0 Å². The van der Waals surface area contributed by atoms with Gasteiger partial charge in [-0.1, -0.05) is 6.07 Å². The zero-order valence-corrected chi connectivity index (χ0v) is 26.0. The number of hydrogen-bond acceptors (Lipinski definition) is 13. The van der Waals surface area contributed by atoms with E-state index in [-0.39, 0.29) is 23.0 Å². The number of methoxy groups -OCH3 is 4. The highest BCUT2D eigenvalue weighted by Gasteiger charge is 2.52. The highest BCUT2D eigenvalue weighted by Crippen LogP contribution is 2.58. The summed E-state index contributed by atoms with van der Waals surface area (Å²) >= 11 is 0. The Hall–Kier alpha value is -4.97. The molecule has 3 heterocycles. The van der Waals surface area contributed by atoms with Crippen molar-refractivity contribution in [1.29, 1.82) is 0 Å². The summed E-state index contributed by atoms with van der Waals surface area (Å²) < 4.78 is 102. The van der Waals surface area contributed by atoms with Crippen LogP contribution in [0.1, 0.15) is 28.2 Å². The first-order valence-corrected chi connectivity index (χ1v) is 15.9. The van der Waals surface area contributed by atoms with Gasteiger partial charge in [-0.25, -0.2) is 4.79 Å². The lowest BCUT2D eigenvalue weighted by atomic mass is 9.81. The van der Waals surface area contributed by atoms with Crippen molar-refractivity contribution in [2.45, 2.75) is 12.0 Å². The first-order valence-electron chi connectivity index (χ1n) is 13.2. The van der Waals surface area contributed by atoms with Gasteiger partial charge >= 0.3 is 26.8 Å². The average Bonchev–Trinajstić information content (AvgIpc) is 3.35. The maximum absolute atomic E-state index is 13.7. The van der Waals surface area contributed by atoms with Gasteiger partial charge in [0, 0.05) is 29.3 Å². The largest absolute Gasteiger partial charge is 0.493 e. The van der Waals surface area contributed by atoms with Crippen molar-refractivity contribution in [3.63, 3.8) is 0 Å². The Morgan fingerprint density at radius 1 is 0.739 bits per heavy atom. The Kier molecular flexibility index (Phi) is 7.51. The Bertz CT molecular complexity index is 2070. The van der Waals surface area contributed by atoms with Crippen molar-refractivity contribution in [2.75, 3.05) is 28.4 Å². The molecule has 2 N–H and O–H groups in total. The lowest BCUT2D eigenvalue weighted by Gasteiger charge is -2.34. The van der Waals surface area contributed by atoms with Crippen LogP contribution in [-0.2, 0) is 25.6 Å². The number of ether oxygens (including phenoxy) is 5. The topological polar surface area (TPSA) is 194 Å². The van der Waals surface area contributed by atoms with Gasteiger partial charge in [0.1, 0.15) is 11.8 Å².